The summed E-state index contributed by atoms with van der Waals surface area (Å²) in [5.41, 5.74) is 0.330. The molecule has 0 aromatic heterocycles. The summed E-state index contributed by atoms with van der Waals surface area (Å²) in [7, 11) is -2.08. The van der Waals surface area contributed by atoms with E-state index >= 15 is 0 Å². The summed E-state index contributed by atoms with van der Waals surface area (Å²) in [5.74, 6) is -0.716. The molecule has 0 unspecified atom stereocenters. The number of anilines is 1. The fourth-order valence-corrected chi connectivity index (χ4v) is 3.18. The number of hydrogen-bond donors (Lipinski definition) is 1. The van der Waals surface area contributed by atoms with Gasteiger partial charge in [-0.15, -0.1) is 0 Å². The van der Waals surface area contributed by atoms with Crippen molar-refractivity contribution in [2.75, 3.05) is 30.8 Å². The first-order valence-corrected chi connectivity index (χ1v) is 9.32. The van der Waals surface area contributed by atoms with Gasteiger partial charge < -0.3 is 10.1 Å². The minimum Gasteiger partial charge on any atom is -0.497 e. The minimum atomic E-state index is -3.56. The second-order valence-electron chi connectivity index (χ2n) is 5.27. The Morgan fingerprint density at radius 3 is 2.56 bits per heavy atom. The van der Waals surface area contributed by atoms with Gasteiger partial charge in [-0.05, 0) is 24.3 Å². The van der Waals surface area contributed by atoms with Crippen molar-refractivity contribution in [2.24, 2.45) is 0 Å². The number of carbonyl (C=O) groups is 1. The Kier molecular flexibility index (Phi) is 5.97. The van der Waals surface area contributed by atoms with Gasteiger partial charge in [0.25, 0.3) is 5.91 Å². The van der Waals surface area contributed by atoms with Crippen LogP contribution in [0, 0.1) is 5.82 Å². The quantitative estimate of drug-likeness (QED) is 0.814. The number of benzene rings is 2. The normalized spacial score (nSPS) is 11.0. The lowest BCUT2D eigenvalue weighted by molar-refractivity contribution is 0.0951. The number of nitrogens with one attached hydrogen (secondary N) is 1. The van der Waals surface area contributed by atoms with Crippen LogP contribution in [0.4, 0.5) is 10.1 Å². The van der Waals surface area contributed by atoms with E-state index in [1.54, 1.807) is 30.3 Å². The molecule has 0 heterocycles. The van der Waals surface area contributed by atoms with Crippen LogP contribution in [0.5, 0.6) is 5.75 Å². The van der Waals surface area contributed by atoms with Gasteiger partial charge in [-0.3, -0.25) is 9.10 Å². The van der Waals surface area contributed by atoms with Crippen LogP contribution < -0.4 is 14.4 Å². The SMILES string of the molecule is COc1cccc(N(CCNC(=O)c2ccccc2F)S(C)(=O)=O)c1. The van der Waals surface area contributed by atoms with Crippen molar-refractivity contribution in [3.8, 4) is 5.75 Å². The number of amides is 1. The zero-order valence-corrected chi connectivity index (χ0v) is 14.7. The first-order valence-electron chi connectivity index (χ1n) is 7.47. The van der Waals surface area contributed by atoms with Gasteiger partial charge in [-0.25, -0.2) is 12.8 Å². The highest BCUT2D eigenvalue weighted by Crippen LogP contribution is 2.22. The molecule has 0 spiro atoms. The van der Waals surface area contributed by atoms with Gasteiger partial charge in [0, 0.05) is 12.6 Å². The van der Waals surface area contributed by atoms with E-state index in [-0.39, 0.29) is 18.7 Å². The Bertz CT molecular complexity index is 855. The molecule has 134 valence electrons. The molecule has 1 N–H and O–H groups in total. The van der Waals surface area contributed by atoms with Crippen LogP contribution in [0.2, 0.25) is 0 Å². The number of hydrogen-bond acceptors (Lipinski definition) is 4. The van der Waals surface area contributed by atoms with Gasteiger partial charge in [0.1, 0.15) is 11.6 Å². The minimum absolute atomic E-state index is 0.00614. The van der Waals surface area contributed by atoms with Crippen molar-refractivity contribution in [2.45, 2.75) is 0 Å². The maximum Gasteiger partial charge on any atom is 0.254 e. The van der Waals surface area contributed by atoms with Crippen LogP contribution in [-0.2, 0) is 10.0 Å². The summed E-state index contributed by atoms with van der Waals surface area (Å²) < 4.78 is 43.9. The van der Waals surface area contributed by atoms with Gasteiger partial charge in [-0.2, -0.15) is 0 Å². The van der Waals surface area contributed by atoms with E-state index in [1.165, 1.54) is 25.3 Å². The van der Waals surface area contributed by atoms with Crippen molar-refractivity contribution in [1.82, 2.24) is 5.32 Å². The standard InChI is InChI=1S/C17H19FN2O4S/c1-24-14-7-5-6-13(12-14)20(25(2,22)23)11-10-19-17(21)15-8-3-4-9-16(15)18/h3-9,12H,10-11H2,1-2H3,(H,19,21). The van der Waals surface area contributed by atoms with Gasteiger partial charge in [-0.1, -0.05) is 18.2 Å². The summed E-state index contributed by atoms with van der Waals surface area (Å²) in [6.07, 6.45) is 1.07. The second kappa shape index (κ2) is 7.98. The van der Waals surface area contributed by atoms with E-state index in [4.69, 9.17) is 4.74 Å². The molecule has 0 radical (unpaired) electrons. The van der Waals surface area contributed by atoms with Crippen LogP contribution in [0.25, 0.3) is 0 Å². The molecule has 0 saturated heterocycles. The first kappa shape index (κ1) is 18.7. The molecule has 2 aromatic rings. The Morgan fingerprint density at radius 2 is 1.92 bits per heavy atom. The van der Waals surface area contributed by atoms with Crippen LogP contribution in [0.15, 0.2) is 48.5 Å². The summed E-state index contributed by atoms with van der Waals surface area (Å²) in [4.78, 5) is 12.0. The van der Waals surface area contributed by atoms with Crippen molar-refractivity contribution < 1.29 is 22.3 Å². The summed E-state index contributed by atoms with van der Waals surface area (Å²) in [6, 6.07) is 12.2. The molecule has 1 amide bonds. The average Bonchev–Trinajstić information content (AvgIpc) is 2.58. The Labute approximate surface area is 146 Å². The van der Waals surface area contributed by atoms with Gasteiger partial charge in [0.05, 0.1) is 31.2 Å². The predicted molar refractivity (Wildman–Crippen MR) is 93.9 cm³/mol. The molecule has 25 heavy (non-hydrogen) atoms. The zero-order valence-electron chi connectivity index (χ0n) is 13.9. The number of methoxy groups -OCH3 is 1. The number of sulfonamides is 1. The number of nitrogens with zero attached hydrogens (tertiary/aromatic N) is 1. The molecular formula is C17H19FN2O4S. The lowest BCUT2D eigenvalue weighted by atomic mass is 10.2. The molecule has 0 aliphatic rings. The highest BCUT2D eigenvalue weighted by molar-refractivity contribution is 7.92. The molecule has 6 nitrogen and oxygen atoms in total. The van der Waals surface area contributed by atoms with Crippen molar-refractivity contribution in [1.29, 1.82) is 0 Å². The molecule has 8 heteroatoms. The van der Waals surface area contributed by atoms with E-state index in [9.17, 15) is 17.6 Å². The van der Waals surface area contributed by atoms with Crippen LogP contribution >= 0.6 is 0 Å². The molecule has 0 saturated carbocycles. The maximum atomic E-state index is 13.6. The van der Waals surface area contributed by atoms with Crippen molar-refractivity contribution in [3.63, 3.8) is 0 Å². The number of carbonyl (C=O) groups excluding carboxylic acids is 1. The zero-order chi connectivity index (χ0) is 18.4. The monoisotopic (exact) mass is 366 g/mol. The highest BCUT2D eigenvalue weighted by atomic mass is 32.2. The third-order valence-electron chi connectivity index (χ3n) is 3.46. The highest BCUT2D eigenvalue weighted by Gasteiger charge is 2.18. The van der Waals surface area contributed by atoms with Gasteiger partial charge in [0.2, 0.25) is 10.0 Å². The van der Waals surface area contributed by atoms with E-state index in [0.717, 1.165) is 10.6 Å². The lowest BCUT2D eigenvalue weighted by Crippen LogP contribution is -2.38. The fraction of sp³-hybridized carbons (Fsp3) is 0.235. The van der Waals surface area contributed by atoms with Gasteiger partial charge >= 0.3 is 0 Å². The summed E-state index contributed by atoms with van der Waals surface area (Å²) in [6.45, 7) is 0.0314. The molecule has 2 aromatic carbocycles. The number of rotatable bonds is 7. The molecule has 2 rings (SSSR count). The lowest BCUT2D eigenvalue weighted by Gasteiger charge is -2.23. The largest absolute Gasteiger partial charge is 0.497 e. The summed E-state index contributed by atoms with van der Waals surface area (Å²) >= 11 is 0. The molecule has 0 bridgehead atoms. The molecular weight excluding hydrogens is 347 g/mol. The number of ether oxygens (including phenoxy) is 1. The second-order valence-corrected chi connectivity index (χ2v) is 7.18. The topological polar surface area (TPSA) is 75.7 Å². The average molecular weight is 366 g/mol. The Balaban J connectivity index is 2.09. The predicted octanol–water partition coefficient (Wildman–Crippen LogP) is 2.03. The van der Waals surface area contributed by atoms with E-state index in [2.05, 4.69) is 5.32 Å². The number of halogens is 1. The van der Waals surface area contributed by atoms with E-state index < -0.39 is 21.7 Å². The molecule has 0 aliphatic carbocycles. The van der Waals surface area contributed by atoms with Gasteiger partial charge in [0.15, 0.2) is 0 Å². The Morgan fingerprint density at radius 1 is 1.20 bits per heavy atom. The Hall–Kier alpha value is -2.61. The van der Waals surface area contributed by atoms with E-state index in [1.807, 2.05) is 0 Å². The van der Waals surface area contributed by atoms with Crippen LogP contribution in [0.3, 0.4) is 0 Å². The maximum absolute atomic E-state index is 13.6. The molecule has 0 aliphatic heterocycles. The molecule has 0 atom stereocenters. The van der Waals surface area contributed by atoms with Crippen LogP contribution in [-0.4, -0.2) is 40.8 Å². The molecule has 0 fully saturated rings. The van der Waals surface area contributed by atoms with Crippen molar-refractivity contribution in [3.05, 3.63) is 59.9 Å². The summed E-state index contributed by atoms with van der Waals surface area (Å²) in [5, 5.41) is 2.52. The van der Waals surface area contributed by atoms with E-state index in [0.29, 0.717) is 11.4 Å². The first-order chi connectivity index (χ1) is 11.8. The third kappa shape index (κ3) is 4.93. The third-order valence-corrected chi connectivity index (χ3v) is 4.65. The fourth-order valence-electron chi connectivity index (χ4n) is 2.26. The van der Waals surface area contributed by atoms with Crippen molar-refractivity contribution >= 4 is 21.6 Å². The smallest absolute Gasteiger partial charge is 0.254 e. The van der Waals surface area contributed by atoms with Crippen LogP contribution in [0.1, 0.15) is 10.4 Å².